The maximum Gasteiger partial charge on any atom is 0.237 e. The molecular weight excluding hydrogens is 324 g/mol. The van der Waals surface area contributed by atoms with Gasteiger partial charge in [-0.2, -0.15) is 0 Å². The fourth-order valence-corrected chi connectivity index (χ4v) is 4.39. The van der Waals surface area contributed by atoms with Gasteiger partial charge in [-0.1, -0.05) is 6.07 Å². The zero-order valence-electron chi connectivity index (χ0n) is 16.8. The van der Waals surface area contributed by atoms with Crippen molar-refractivity contribution in [3.63, 3.8) is 0 Å². The number of nitrogens with zero attached hydrogens (tertiary/aromatic N) is 3. The zero-order chi connectivity index (χ0) is 18.8. The first-order valence-corrected chi connectivity index (χ1v) is 9.96. The summed E-state index contributed by atoms with van der Waals surface area (Å²) in [7, 11) is 2.06. The molecule has 1 aromatic rings. The summed E-state index contributed by atoms with van der Waals surface area (Å²) in [6.45, 7) is 9.85. The second kappa shape index (κ2) is 7.65. The molecule has 2 aliphatic heterocycles. The minimum absolute atomic E-state index is 0.0243. The Labute approximate surface area is 158 Å². The molecule has 2 saturated heterocycles. The predicted octanol–water partition coefficient (Wildman–Crippen LogP) is 2.47. The number of carbonyl (C=O) groups is 1. The van der Waals surface area contributed by atoms with Gasteiger partial charge in [0.2, 0.25) is 5.91 Å². The molecule has 2 aliphatic rings. The number of piperidine rings is 1. The van der Waals surface area contributed by atoms with Crippen LogP contribution in [0.25, 0.3) is 0 Å². The van der Waals surface area contributed by atoms with Gasteiger partial charge in [0.1, 0.15) is 0 Å². The number of hydrogen-bond acceptors (Lipinski definition) is 4. The minimum atomic E-state index is -0.184. The van der Waals surface area contributed by atoms with Crippen LogP contribution in [0.1, 0.15) is 52.1 Å². The highest BCUT2D eigenvalue weighted by atomic mass is 16.2. The van der Waals surface area contributed by atoms with Gasteiger partial charge in [-0.3, -0.25) is 19.6 Å². The van der Waals surface area contributed by atoms with Crippen molar-refractivity contribution in [2.45, 2.75) is 70.0 Å². The summed E-state index contributed by atoms with van der Waals surface area (Å²) in [6.07, 6.45) is 6.69. The summed E-state index contributed by atoms with van der Waals surface area (Å²) >= 11 is 0. The number of hydrogen-bond donors (Lipinski definition) is 1. The monoisotopic (exact) mass is 358 g/mol. The molecule has 3 rings (SSSR count). The van der Waals surface area contributed by atoms with Gasteiger partial charge in [0, 0.05) is 42.5 Å². The average molecular weight is 359 g/mol. The lowest BCUT2D eigenvalue weighted by atomic mass is 9.81. The van der Waals surface area contributed by atoms with Gasteiger partial charge in [-0.15, -0.1) is 0 Å². The number of amides is 1. The Kier molecular flexibility index (Phi) is 5.68. The first-order chi connectivity index (χ1) is 12.3. The smallest absolute Gasteiger partial charge is 0.237 e. The van der Waals surface area contributed by atoms with Crippen molar-refractivity contribution in [2.75, 3.05) is 26.7 Å². The summed E-state index contributed by atoms with van der Waals surface area (Å²) in [5, 5.41) is 3.48. The molecule has 1 amide bonds. The van der Waals surface area contributed by atoms with Gasteiger partial charge < -0.3 is 5.32 Å². The van der Waals surface area contributed by atoms with Crippen LogP contribution in [0.5, 0.6) is 0 Å². The number of pyridine rings is 1. The molecule has 5 heteroatoms. The summed E-state index contributed by atoms with van der Waals surface area (Å²) in [5.41, 5.74) is 1.06. The highest BCUT2D eigenvalue weighted by Crippen LogP contribution is 2.30. The van der Waals surface area contributed by atoms with Crippen LogP contribution in [0, 0.1) is 0 Å². The third-order valence-corrected chi connectivity index (χ3v) is 6.13. The maximum atomic E-state index is 13.0. The van der Waals surface area contributed by atoms with E-state index < -0.39 is 0 Å². The van der Waals surface area contributed by atoms with Gasteiger partial charge in [-0.05, 0) is 72.2 Å². The van der Waals surface area contributed by atoms with Gasteiger partial charge in [0.25, 0.3) is 0 Å². The Bertz CT molecular complexity index is 602. The number of rotatable bonds is 4. The van der Waals surface area contributed by atoms with Crippen molar-refractivity contribution in [1.29, 1.82) is 0 Å². The van der Waals surface area contributed by atoms with Crippen molar-refractivity contribution in [2.24, 2.45) is 0 Å². The Balaban J connectivity index is 1.75. The van der Waals surface area contributed by atoms with E-state index >= 15 is 0 Å². The summed E-state index contributed by atoms with van der Waals surface area (Å²) in [5.74, 6) is 0.199. The maximum absolute atomic E-state index is 13.0. The number of carbonyl (C=O) groups excluding carboxylic acids is 1. The third kappa shape index (κ3) is 4.44. The Hall–Kier alpha value is -1.46. The third-order valence-electron chi connectivity index (χ3n) is 6.13. The average Bonchev–Trinajstić information content (AvgIpc) is 3.01. The number of likely N-dealkylation sites (tertiary alicyclic amines) is 2. The molecule has 0 aliphatic carbocycles. The standard InChI is InChI=1S/C21H34N4O/c1-20(2,3)25-14-10-21(11-15-25,16-17-8-5-6-12-22-17)23-19(26)18-9-7-13-24(18)4/h5-6,8,12,18H,7,9-11,13-16H2,1-4H3,(H,23,26). The molecule has 5 nitrogen and oxygen atoms in total. The van der Waals surface area contributed by atoms with Crippen LogP contribution in [-0.4, -0.2) is 64.5 Å². The summed E-state index contributed by atoms with van der Waals surface area (Å²) < 4.78 is 0. The first kappa shape index (κ1) is 19.3. The van der Waals surface area contributed by atoms with Crippen molar-refractivity contribution >= 4 is 5.91 Å². The molecule has 0 radical (unpaired) electrons. The molecule has 3 heterocycles. The Morgan fingerprint density at radius 3 is 2.54 bits per heavy atom. The molecule has 2 fully saturated rings. The van der Waals surface area contributed by atoms with Crippen LogP contribution in [0.3, 0.4) is 0 Å². The van der Waals surface area contributed by atoms with Gasteiger partial charge in [0.05, 0.1) is 6.04 Å². The molecule has 1 N–H and O–H groups in total. The lowest BCUT2D eigenvalue weighted by molar-refractivity contribution is -0.127. The van der Waals surface area contributed by atoms with E-state index in [2.05, 4.69) is 54.0 Å². The van der Waals surface area contributed by atoms with Gasteiger partial charge >= 0.3 is 0 Å². The quantitative estimate of drug-likeness (QED) is 0.898. The zero-order valence-corrected chi connectivity index (χ0v) is 16.8. The minimum Gasteiger partial charge on any atom is -0.349 e. The fraction of sp³-hybridized carbons (Fsp3) is 0.714. The van der Waals surface area contributed by atoms with E-state index in [4.69, 9.17) is 0 Å². The van der Waals surface area contributed by atoms with Crippen LogP contribution >= 0.6 is 0 Å². The van der Waals surface area contributed by atoms with E-state index in [-0.39, 0.29) is 23.0 Å². The second-order valence-corrected chi connectivity index (χ2v) is 9.06. The molecule has 0 spiro atoms. The van der Waals surface area contributed by atoms with Crippen LogP contribution < -0.4 is 5.32 Å². The number of nitrogens with one attached hydrogen (secondary N) is 1. The largest absolute Gasteiger partial charge is 0.349 e. The fourth-order valence-electron chi connectivity index (χ4n) is 4.39. The van der Waals surface area contributed by atoms with E-state index in [1.807, 2.05) is 18.3 Å². The van der Waals surface area contributed by atoms with Crippen molar-refractivity contribution < 1.29 is 4.79 Å². The summed E-state index contributed by atoms with van der Waals surface area (Å²) in [6, 6.07) is 6.08. The van der Waals surface area contributed by atoms with Crippen molar-refractivity contribution in [3.05, 3.63) is 30.1 Å². The van der Waals surface area contributed by atoms with Crippen LogP contribution in [0.4, 0.5) is 0 Å². The van der Waals surface area contributed by atoms with E-state index in [0.29, 0.717) is 0 Å². The van der Waals surface area contributed by atoms with Crippen LogP contribution in [-0.2, 0) is 11.2 Å². The molecule has 26 heavy (non-hydrogen) atoms. The molecular formula is C21H34N4O. The highest BCUT2D eigenvalue weighted by molar-refractivity contribution is 5.82. The van der Waals surface area contributed by atoms with Gasteiger partial charge in [0.15, 0.2) is 0 Å². The van der Waals surface area contributed by atoms with Crippen molar-refractivity contribution in [1.82, 2.24) is 20.1 Å². The molecule has 144 valence electrons. The van der Waals surface area contributed by atoms with Crippen molar-refractivity contribution in [3.8, 4) is 0 Å². The Morgan fingerprint density at radius 1 is 1.27 bits per heavy atom. The van der Waals surface area contributed by atoms with E-state index in [1.165, 1.54) is 0 Å². The molecule has 0 saturated carbocycles. The lowest BCUT2D eigenvalue weighted by Crippen LogP contribution is -2.61. The van der Waals surface area contributed by atoms with E-state index in [1.54, 1.807) is 0 Å². The number of aromatic nitrogens is 1. The Morgan fingerprint density at radius 2 is 2.00 bits per heavy atom. The predicted molar refractivity (Wildman–Crippen MR) is 105 cm³/mol. The highest BCUT2D eigenvalue weighted by Gasteiger charge is 2.41. The molecule has 1 unspecified atom stereocenters. The summed E-state index contributed by atoms with van der Waals surface area (Å²) in [4.78, 5) is 22.3. The SMILES string of the molecule is CN1CCCC1C(=O)NC1(Cc2ccccn2)CCN(C(C)(C)C)CC1. The van der Waals surface area contributed by atoms with Gasteiger partial charge in [-0.25, -0.2) is 0 Å². The van der Waals surface area contributed by atoms with Crippen LogP contribution in [0.2, 0.25) is 0 Å². The van der Waals surface area contributed by atoms with E-state index in [9.17, 15) is 4.79 Å². The first-order valence-electron chi connectivity index (χ1n) is 9.96. The molecule has 0 bridgehead atoms. The second-order valence-electron chi connectivity index (χ2n) is 9.06. The molecule has 1 aromatic heterocycles. The normalized spacial score (nSPS) is 24.5. The lowest BCUT2D eigenvalue weighted by Gasteiger charge is -2.47. The van der Waals surface area contributed by atoms with E-state index in [0.717, 1.165) is 57.4 Å². The number of likely N-dealkylation sites (N-methyl/N-ethyl adjacent to an activating group) is 1. The topological polar surface area (TPSA) is 48.5 Å². The van der Waals surface area contributed by atoms with Crippen LogP contribution in [0.15, 0.2) is 24.4 Å². The molecule has 1 atom stereocenters. The molecule has 0 aromatic carbocycles.